The first kappa shape index (κ1) is 19.6. The number of benzene rings is 1. The van der Waals surface area contributed by atoms with E-state index >= 15 is 0 Å². The fourth-order valence-electron chi connectivity index (χ4n) is 5.37. The van der Waals surface area contributed by atoms with Crippen LogP contribution in [0.4, 0.5) is 8.78 Å². The number of unbranched alkanes of at least 4 members (excludes halogenated alkanes) is 2. The molecule has 1 aromatic carbocycles. The van der Waals surface area contributed by atoms with Gasteiger partial charge in [0.15, 0.2) is 0 Å². The zero-order chi connectivity index (χ0) is 18.2. The second-order valence-corrected chi connectivity index (χ2v) is 8.59. The molecule has 0 N–H and O–H groups in total. The Morgan fingerprint density at radius 2 is 1.42 bits per heavy atom. The minimum absolute atomic E-state index is 0.127. The predicted molar refractivity (Wildman–Crippen MR) is 105 cm³/mol. The van der Waals surface area contributed by atoms with Crippen LogP contribution in [0.2, 0.25) is 0 Å². The Morgan fingerprint density at radius 3 is 2.04 bits per heavy atom. The van der Waals surface area contributed by atoms with Crippen molar-refractivity contribution in [2.24, 2.45) is 17.8 Å². The van der Waals surface area contributed by atoms with E-state index in [4.69, 9.17) is 0 Å². The van der Waals surface area contributed by atoms with Crippen molar-refractivity contribution >= 4 is 0 Å². The monoisotopic (exact) mass is 360 g/mol. The van der Waals surface area contributed by atoms with Crippen molar-refractivity contribution in [2.75, 3.05) is 0 Å². The number of rotatable bonds is 7. The molecule has 0 aromatic heterocycles. The van der Waals surface area contributed by atoms with Gasteiger partial charge in [-0.3, -0.25) is 0 Å². The maximum Gasteiger partial charge on any atom is 0.123 e. The first-order chi connectivity index (χ1) is 12.8. The predicted octanol–water partition coefficient (Wildman–Crippen LogP) is 7.95. The Morgan fingerprint density at radius 1 is 0.808 bits per heavy atom. The Kier molecular flexibility index (Phi) is 7.70. The van der Waals surface area contributed by atoms with Crippen LogP contribution in [-0.4, -0.2) is 0 Å². The van der Waals surface area contributed by atoms with E-state index in [1.807, 2.05) is 12.1 Å². The second-order valence-electron chi connectivity index (χ2n) is 8.59. The second kappa shape index (κ2) is 10.2. The van der Waals surface area contributed by atoms with Crippen LogP contribution in [0.25, 0.3) is 0 Å². The first-order valence-electron chi connectivity index (χ1n) is 10.8. The molecule has 0 unspecified atom stereocenters. The summed E-state index contributed by atoms with van der Waals surface area (Å²) in [6.45, 7) is 0. The van der Waals surface area contributed by atoms with Crippen molar-refractivity contribution in [1.82, 2.24) is 0 Å². The topological polar surface area (TPSA) is 0 Å². The normalized spacial score (nSPS) is 29.9. The lowest BCUT2D eigenvalue weighted by Crippen LogP contribution is -2.25. The van der Waals surface area contributed by atoms with E-state index in [0.29, 0.717) is 12.2 Å². The number of halogens is 2. The highest BCUT2D eigenvalue weighted by Crippen LogP contribution is 2.44. The molecule has 2 heteroatoms. The Bertz CT molecular complexity index is 532. The van der Waals surface area contributed by atoms with Crippen molar-refractivity contribution in [2.45, 2.75) is 83.0 Å². The van der Waals surface area contributed by atoms with Crippen LogP contribution < -0.4 is 0 Å². The van der Waals surface area contributed by atoms with Crippen LogP contribution in [0.15, 0.2) is 36.7 Å². The number of allylic oxidation sites excluding steroid dienone is 1. The third-order valence-corrected chi connectivity index (χ3v) is 6.99. The summed E-state index contributed by atoms with van der Waals surface area (Å²) in [4.78, 5) is 0. The summed E-state index contributed by atoms with van der Waals surface area (Å²) in [5.41, 5.74) is 1.33. The molecule has 2 aliphatic carbocycles. The molecule has 26 heavy (non-hydrogen) atoms. The number of hydrogen-bond donors (Lipinski definition) is 0. The lowest BCUT2D eigenvalue weighted by atomic mass is 9.68. The van der Waals surface area contributed by atoms with Gasteiger partial charge in [0.1, 0.15) is 5.82 Å². The summed E-state index contributed by atoms with van der Waals surface area (Å²) in [5, 5.41) is 0. The molecular weight excluding hydrogens is 326 g/mol. The highest BCUT2D eigenvalue weighted by atomic mass is 19.1. The van der Waals surface area contributed by atoms with Crippen molar-refractivity contribution in [3.63, 3.8) is 0 Å². The lowest BCUT2D eigenvalue weighted by molar-refractivity contribution is 0.155. The fourth-order valence-corrected chi connectivity index (χ4v) is 5.37. The average molecular weight is 361 g/mol. The Balaban J connectivity index is 1.35. The molecule has 0 atom stereocenters. The van der Waals surface area contributed by atoms with Crippen LogP contribution in [0, 0.1) is 23.6 Å². The molecule has 0 aliphatic heterocycles. The van der Waals surface area contributed by atoms with Gasteiger partial charge in [0.2, 0.25) is 0 Å². The van der Waals surface area contributed by atoms with Crippen LogP contribution in [0.1, 0.15) is 88.5 Å². The minimum atomic E-state index is -0.127. The van der Waals surface area contributed by atoms with E-state index in [1.54, 1.807) is 18.2 Å². The highest BCUT2D eigenvalue weighted by molar-refractivity contribution is 5.20. The standard InChI is InChI=1S/C24H34F2/c25-18-4-2-1-3-5-19-6-8-20(9-7-19)21-10-12-22(13-11-21)23-14-16-24(26)17-15-23/h4,14-22H,1-3,5-13H2. The van der Waals surface area contributed by atoms with Crippen molar-refractivity contribution < 1.29 is 8.78 Å². The van der Waals surface area contributed by atoms with Crippen LogP contribution in [0.5, 0.6) is 0 Å². The van der Waals surface area contributed by atoms with E-state index in [2.05, 4.69) is 0 Å². The summed E-state index contributed by atoms with van der Waals surface area (Å²) in [6, 6.07) is 7.18. The van der Waals surface area contributed by atoms with E-state index in [-0.39, 0.29) is 5.82 Å². The summed E-state index contributed by atoms with van der Waals surface area (Å²) in [7, 11) is 0. The molecule has 2 aliphatic rings. The Hall–Kier alpha value is -1.18. The fraction of sp³-hybridized carbons (Fsp3) is 0.667. The van der Waals surface area contributed by atoms with Gasteiger partial charge in [-0.2, -0.15) is 0 Å². The molecule has 0 spiro atoms. The molecule has 3 rings (SSSR count). The molecule has 0 heterocycles. The lowest BCUT2D eigenvalue weighted by Gasteiger charge is -2.38. The van der Waals surface area contributed by atoms with Gasteiger partial charge in [-0.1, -0.05) is 43.9 Å². The first-order valence-corrected chi connectivity index (χ1v) is 10.8. The summed E-state index contributed by atoms with van der Waals surface area (Å²) < 4.78 is 25.0. The van der Waals surface area contributed by atoms with E-state index in [0.717, 1.165) is 30.6 Å². The zero-order valence-electron chi connectivity index (χ0n) is 16.0. The van der Waals surface area contributed by atoms with Gasteiger partial charge in [0.25, 0.3) is 0 Å². The molecule has 0 nitrogen and oxygen atoms in total. The molecule has 0 bridgehead atoms. The average Bonchev–Trinajstić information content (AvgIpc) is 2.69. The molecular formula is C24H34F2. The van der Waals surface area contributed by atoms with Crippen molar-refractivity contribution in [3.8, 4) is 0 Å². The minimum Gasteiger partial charge on any atom is -0.216 e. The summed E-state index contributed by atoms with van der Waals surface area (Å²) >= 11 is 0. The van der Waals surface area contributed by atoms with E-state index < -0.39 is 0 Å². The number of hydrogen-bond acceptors (Lipinski definition) is 0. The van der Waals surface area contributed by atoms with Crippen molar-refractivity contribution in [3.05, 3.63) is 48.1 Å². The molecule has 0 saturated heterocycles. The van der Waals surface area contributed by atoms with Gasteiger partial charge in [-0.25, -0.2) is 8.78 Å². The van der Waals surface area contributed by atoms with Gasteiger partial charge in [-0.15, -0.1) is 0 Å². The van der Waals surface area contributed by atoms with Crippen LogP contribution >= 0.6 is 0 Å². The zero-order valence-corrected chi connectivity index (χ0v) is 16.0. The van der Waals surface area contributed by atoms with Crippen LogP contribution in [-0.2, 0) is 0 Å². The largest absolute Gasteiger partial charge is 0.216 e. The highest BCUT2D eigenvalue weighted by Gasteiger charge is 2.31. The molecule has 2 saturated carbocycles. The molecule has 1 aromatic rings. The van der Waals surface area contributed by atoms with Crippen molar-refractivity contribution in [1.29, 1.82) is 0 Å². The van der Waals surface area contributed by atoms with Gasteiger partial charge >= 0.3 is 0 Å². The SMILES string of the molecule is FC=CCCCCC1CCC(C2CCC(c3ccc(F)cc3)CC2)CC1. The maximum absolute atomic E-state index is 13.1. The smallest absolute Gasteiger partial charge is 0.123 e. The maximum atomic E-state index is 13.1. The van der Waals surface area contributed by atoms with Gasteiger partial charge in [0, 0.05) is 0 Å². The third-order valence-electron chi connectivity index (χ3n) is 6.99. The summed E-state index contributed by atoms with van der Waals surface area (Å²) in [6.07, 6.45) is 17.8. The van der Waals surface area contributed by atoms with Crippen LogP contribution in [0.3, 0.4) is 0 Å². The van der Waals surface area contributed by atoms with E-state index in [9.17, 15) is 8.78 Å². The molecule has 0 radical (unpaired) electrons. The van der Waals surface area contributed by atoms with Gasteiger partial charge in [-0.05, 0) is 92.7 Å². The molecule has 0 amide bonds. The molecule has 2 fully saturated rings. The van der Waals surface area contributed by atoms with E-state index in [1.165, 1.54) is 69.8 Å². The van der Waals surface area contributed by atoms with Gasteiger partial charge in [0.05, 0.1) is 6.33 Å². The third kappa shape index (κ3) is 5.66. The Labute approximate surface area is 158 Å². The van der Waals surface area contributed by atoms with Gasteiger partial charge < -0.3 is 0 Å². The molecule has 144 valence electrons. The summed E-state index contributed by atoms with van der Waals surface area (Å²) in [5.74, 6) is 3.29. The quantitative estimate of drug-likeness (QED) is 0.433.